The zero-order valence-electron chi connectivity index (χ0n) is 8.57. The lowest BCUT2D eigenvalue weighted by Crippen LogP contribution is -1.88. The molecular formula is C14H10ClN. The quantitative estimate of drug-likeness (QED) is 0.703. The smallest absolute Gasteiger partial charge is 0.0491 e. The molecule has 0 aromatic heterocycles. The molecule has 1 aliphatic rings. The molecule has 78 valence electrons. The van der Waals surface area contributed by atoms with E-state index in [-0.39, 0.29) is 0 Å². The van der Waals surface area contributed by atoms with Crippen LogP contribution in [-0.4, -0.2) is 0 Å². The molecule has 1 nitrogen and oxygen atoms in total. The van der Waals surface area contributed by atoms with Crippen molar-refractivity contribution < 1.29 is 0 Å². The maximum atomic E-state index is 6.28. The normalized spacial score (nSPS) is 12.3. The van der Waals surface area contributed by atoms with E-state index in [0.29, 0.717) is 0 Å². The van der Waals surface area contributed by atoms with Crippen molar-refractivity contribution in [1.82, 2.24) is 0 Å². The van der Waals surface area contributed by atoms with E-state index in [4.69, 9.17) is 11.6 Å². The molecule has 0 aliphatic carbocycles. The second-order valence-electron chi connectivity index (χ2n) is 3.73. The van der Waals surface area contributed by atoms with Crippen LogP contribution in [0.4, 0.5) is 5.69 Å². The van der Waals surface area contributed by atoms with Crippen LogP contribution in [0.2, 0.25) is 5.02 Å². The van der Waals surface area contributed by atoms with Gasteiger partial charge in [-0.15, -0.1) is 0 Å². The Hall–Kier alpha value is -1.73. The molecule has 0 bridgehead atoms. The number of halogens is 1. The minimum absolute atomic E-state index is 0.790. The molecule has 1 N–H and O–H groups in total. The lowest BCUT2D eigenvalue weighted by Gasteiger charge is -2.10. The molecule has 2 heteroatoms. The third kappa shape index (κ3) is 1.41. The second kappa shape index (κ2) is 3.69. The van der Waals surface area contributed by atoms with E-state index in [1.54, 1.807) is 0 Å². The summed E-state index contributed by atoms with van der Waals surface area (Å²) in [5.41, 5.74) is 4.48. The van der Waals surface area contributed by atoms with Gasteiger partial charge in [0.05, 0.1) is 0 Å². The van der Waals surface area contributed by atoms with Crippen molar-refractivity contribution in [2.75, 3.05) is 5.32 Å². The van der Waals surface area contributed by atoms with Crippen LogP contribution < -0.4 is 5.32 Å². The van der Waals surface area contributed by atoms with Crippen molar-refractivity contribution in [3.63, 3.8) is 0 Å². The number of hydrogen-bond donors (Lipinski definition) is 1. The lowest BCUT2D eigenvalue weighted by atomic mass is 9.99. The van der Waals surface area contributed by atoms with Gasteiger partial charge >= 0.3 is 0 Å². The van der Waals surface area contributed by atoms with E-state index in [1.165, 1.54) is 0 Å². The number of benzene rings is 2. The topological polar surface area (TPSA) is 12.0 Å². The van der Waals surface area contributed by atoms with Gasteiger partial charge in [-0.25, -0.2) is 0 Å². The van der Waals surface area contributed by atoms with Crippen molar-refractivity contribution in [1.29, 1.82) is 0 Å². The fourth-order valence-corrected chi connectivity index (χ4v) is 2.30. The summed E-state index contributed by atoms with van der Waals surface area (Å²) in [7, 11) is 0. The van der Waals surface area contributed by atoms with Crippen LogP contribution in [0, 0.1) is 0 Å². The Morgan fingerprint density at radius 1 is 0.938 bits per heavy atom. The molecule has 2 aromatic carbocycles. The van der Waals surface area contributed by atoms with Gasteiger partial charge < -0.3 is 5.32 Å². The van der Waals surface area contributed by atoms with Crippen molar-refractivity contribution in [3.05, 3.63) is 59.3 Å². The van der Waals surface area contributed by atoms with Crippen molar-refractivity contribution >= 4 is 23.4 Å². The van der Waals surface area contributed by atoms with Gasteiger partial charge in [0, 0.05) is 28.0 Å². The molecule has 0 saturated carbocycles. The van der Waals surface area contributed by atoms with Crippen LogP contribution in [0.25, 0.3) is 17.2 Å². The summed E-state index contributed by atoms with van der Waals surface area (Å²) in [5.74, 6) is 0. The Morgan fingerprint density at radius 2 is 1.81 bits per heavy atom. The monoisotopic (exact) mass is 227 g/mol. The highest BCUT2D eigenvalue weighted by Gasteiger charge is 2.13. The number of anilines is 1. The maximum Gasteiger partial charge on any atom is 0.0491 e. The average molecular weight is 228 g/mol. The van der Waals surface area contributed by atoms with Gasteiger partial charge in [0.2, 0.25) is 0 Å². The fraction of sp³-hybridized carbons (Fsp3) is 0. The van der Waals surface area contributed by atoms with Gasteiger partial charge in [0.15, 0.2) is 0 Å². The zero-order chi connectivity index (χ0) is 11.0. The van der Waals surface area contributed by atoms with Gasteiger partial charge in [0.1, 0.15) is 0 Å². The van der Waals surface area contributed by atoms with Gasteiger partial charge in [-0.3, -0.25) is 0 Å². The van der Waals surface area contributed by atoms with Crippen LogP contribution in [0.15, 0.2) is 48.7 Å². The predicted molar refractivity (Wildman–Crippen MR) is 69.5 cm³/mol. The van der Waals surface area contributed by atoms with Crippen LogP contribution in [0.5, 0.6) is 0 Å². The molecule has 3 rings (SSSR count). The largest absolute Gasteiger partial charge is 0.361 e. The predicted octanol–water partition coefficient (Wildman–Crippen LogP) is 4.40. The molecule has 1 heterocycles. The first-order valence-electron chi connectivity index (χ1n) is 5.17. The molecule has 0 fully saturated rings. The van der Waals surface area contributed by atoms with E-state index in [2.05, 4.69) is 23.5 Å². The summed E-state index contributed by atoms with van der Waals surface area (Å²) in [4.78, 5) is 0. The standard InChI is InChI=1S/C14H10ClN/c15-12-6-3-4-10-8-9-16-13-7-2-1-5-11(13)14(10)12/h1-9,16H. The van der Waals surface area contributed by atoms with Crippen molar-refractivity contribution in [3.8, 4) is 11.1 Å². The van der Waals surface area contributed by atoms with E-state index < -0.39 is 0 Å². The summed E-state index contributed by atoms with van der Waals surface area (Å²) in [6.07, 6.45) is 3.99. The van der Waals surface area contributed by atoms with Crippen LogP contribution in [0.3, 0.4) is 0 Å². The van der Waals surface area contributed by atoms with Crippen molar-refractivity contribution in [2.24, 2.45) is 0 Å². The molecule has 16 heavy (non-hydrogen) atoms. The molecule has 2 aromatic rings. The lowest BCUT2D eigenvalue weighted by molar-refractivity contribution is 1.58. The van der Waals surface area contributed by atoms with Gasteiger partial charge in [-0.1, -0.05) is 41.9 Å². The Labute approximate surface area is 99.4 Å². The summed E-state index contributed by atoms with van der Waals surface area (Å²) in [6.45, 7) is 0. The first kappa shape index (κ1) is 9.49. The number of rotatable bonds is 0. The summed E-state index contributed by atoms with van der Waals surface area (Å²) in [6, 6.07) is 14.1. The molecule has 0 amide bonds. The molecule has 0 unspecified atom stereocenters. The minimum atomic E-state index is 0.790. The van der Waals surface area contributed by atoms with Crippen LogP contribution in [-0.2, 0) is 0 Å². The van der Waals surface area contributed by atoms with Crippen molar-refractivity contribution in [2.45, 2.75) is 0 Å². The van der Waals surface area contributed by atoms with Gasteiger partial charge in [-0.2, -0.15) is 0 Å². The number of hydrogen-bond acceptors (Lipinski definition) is 1. The average Bonchev–Trinajstić information content (AvgIpc) is 2.49. The Morgan fingerprint density at radius 3 is 2.75 bits per heavy atom. The Balaban J connectivity index is 2.38. The summed E-state index contributed by atoms with van der Waals surface area (Å²) >= 11 is 6.28. The fourth-order valence-electron chi connectivity index (χ4n) is 2.01. The third-order valence-corrected chi connectivity index (χ3v) is 3.06. The highest BCUT2D eigenvalue weighted by molar-refractivity contribution is 6.34. The maximum absolute atomic E-state index is 6.28. The third-order valence-electron chi connectivity index (χ3n) is 2.74. The summed E-state index contributed by atoms with van der Waals surface area (Å²) < 4.78 is 0. The first-order chi connectivity index (χ1) is 7.86. The summed E-state index contributed by atoms with van der Waals surface area (Å²) in [5, 5.41) is 4.05. The SMILES string of the molecule is Clc1cccc2c1-c1ccccc1NC=C2. The molecule has 1 aliphatic heterocycles. The zero-order valence-corrected chi connectivity index (χ0v) is 9.33. The molecule has 0 spiro atoms. The molecule has 0 radical (unpaired) electrons. The van der Waals surface area contributed by atoms with E-state index >= 15 is 0 Å². The minimum Gasteiger partial charge on any atom is -0.361 e. The van der Waals surface area contributed by atoms with E-state index in [0.717, 1.165) is 27.4 Å². The second-order valence-corrected chi connectivity index (χ2v) is 4.13. The molecular weight excluding hydrogens is 218 g/mol. The Bertz CT molecular complexity index is 573. The van der Waals surface area contributed by atoms with E-state index in [1.807, 2.05) is 36.5 Å². The number of para-hydroxylation sites is 1. The van der Waals surface area contributed by atoms with Crippen LogP contribution in [0.1, 0.15) is 5.56 Å². The molecule has 0 atom stereocenters. The van der Waals surface area contributed by atoms with Crippen LogP contribution >= 0.6 is 11.6 Å². The number of fused-ring (bicyclic) bond motifs is 3. The highest BCUT2D eigenvalue weighted by Crippen LogP contribution is 2.38. The van der Waals surface area contributed by atoms with E-state index in [9.17, 15) is 0 Å². The Kier molecular flexibility index (Phi) is 2.19. The van der Waals surface area contributed by atoms with Gasteiger partial charge in [0.25, 0.3) is 0 Å². The van der Waals surface area contributed by atoms with Gasteiger partial charge in [-0.05, 0) is 23.8 Å². The molecule has 0 saturated heterocycles. The number of nitrogens with one attached hydrogen (secondary N) is 1. The highest BCUT2D eigenvalue weighted by atomic mass is 35.5. The first-order valence-corrected chi connectivity index (χ1v) is 5.55.